The molecule has 9 heteroatoms. The summed E-state index contributed by atoms with van der Waals surface area (Å²) in [5.74, 6) is -1.45. The van der Waals surface area contributed by atoms with Crippen LogP contribution in [0, 0.1) is 11.7 Å². The minimum absolute atomic E-state index is 0.0179. The van der Waals surface area contributed by atoms with Crippen LogP contribution in [0.25, 0.3) is 0 Å². The molecule has 1 aromatic carbocycles. The third kappa shape index (κ3) is 5.79. The smallest absolute Gasteiger partial charge is 0.303 e. The minimum atomic E-state index is -3.78. The molecule has 1 amide bonds. The number of halogens is 1. The number of carbonyl (C=O) groups is 2. The van der Waals surface area contributed by atoms with Crippen LogP contribution in [0.2, 0.25) is 0 Å². The number of carbonyl (C=O) groups excluding carboxylic acids is 1. The number of likely N-dealkylation sites (tertiary alicyclic amines) is 1. The van der Waals surface area contributed by atoms with Crippen LogP contribution >= 0.6 is 0 Å². The average molecular weight is 372 g/mol. The fourth-order valence-electron chi connectivity index (χ4n) is 2.78. The second kappa shape index (κ2) is 8.39. The van der Waals surface area contributed by atoms with Crippen molar-refractivity contribution in [2.45, 2.75) is 30.6 Å². The molecule has 0 atom stereocenters. The molecule has 1 heterocycles. The van der Waals surface area contributed by atoms with E-state index in [2.05, 4.69) is 4.72 Å². The maximum atomic E-state index is 12.8. The molecule has 1 aliphatic heterocycles. The number of nitrogens with one attached hydrogen (secondary N) is 1. The van der Waals surface area contributed by atoms with Crippen molar-refractivity contribution >= 4 is 21.9 Å². The van der Waals surface area contributed by atoms with Crippen LogP contribution in [0.15, 0.2) is 29.2 Å². The number of carboxylic acids is 1. The van der Waals surface area contributed by atoms with Gasteiger partial charge in [0.15, 0.2) is 0 Å². The van der Waals surface area contributed by atoms with Crippen molar-refractivity contribution in [1.29, 1.82) is 0 Å². The highest BCUT2D eigenvalue weighted by Gasteiger charge is 2.24. The summed E-state index contributed by atoms with van der Waals surface area (Å²) in [5, 5.41) is 8.78. The molecule has 0 saturated carbocycles. The Morgan fingerprint density at radius 1 is 1.20 bits per heavy atom. The monoisotopic (exact) mass is 372 g/mol. The highest BCUT2D eigenvalue weighted by atomic mass is 32.2. The number of hydrogen-bond acceptors (Lipinski definition) is 4. The number of rotatable bonds is 7. The fraction of sp³-hybridized carbons (Fsp3) is 0.500. The van der Waals surface area contributed by atoms with Gasteiger partial charge >= 0.3 is 5.97 Å². The normalized spacial score (nSPS) is 16.0. The Morgan fingerprint density at radius 3 is 2.36 bits per heavy atom. The summed E-state index contributed by atoms with van der Waals surface area (Å²) >= 11 is 0. The SMILES string of the molecule is O=C(O)CC1CCN(C(=O)CCNS(=O)(=O)c2ccc(F)cc2)CC1. The molecule has 25 heavy (non-hydrogen) atoms. The maximum absolute atomic E-state index is 12.8. The van der Waals surface area contributed by atoms with Crippen molar-refractivity contribution < 1.29 is 27.5 Å². The number of amides is 1. The van der Waals surface area contributed by atoms with Gasteiger partial charge in [0, 0.05) is 32.5 Å². The van der Waals surface area contributed by atoms with Crippen molar-refractivity contribution in [3.63, 3.8) is 0 Å². The van der Waals surface area contributed by atoms with E-state index in [0.717, 1.165) is 24.3 Å². The van der Waals surface area contributed by atoms with E-state index in [1.54, 1.807) is 4.90 Å². The number of hydrogen-bond donors (Lipinski definition) is 2. The van der Waals surface area contributed by atoms with Crippen LogP contribution in [-0.4, -0.2) is 49.9 Å². The second-order valence-electron chi connectivity index (χ2n) is 6.02. The molecule has 138 valence electrons. The third-order valence-corrected chi connectivity index (χ3v) is 5.66. The lowest BCUT2D eigenvalue weighted by Crippen LogP contribution is -2.40. The molecule has 0 spiro atoms. The fourth-order valence-corrected chi connectivity index (χ4v) is 3.81. The van der Waals surface area contributed by atoms with Crippen LogP contribution in [0.4, 0.5) is 4.39 Å². The summed E-state index contributed by atoms with van der Waals surface area (Å²) in [6.07, 6.45) is 1.40. The Bertz CT molecular complexity index is 713. The zero-order valence-corrected chi connectivity index (χ0v) is 14.5. The number of benzene rings is 1. The zero-order valence-electron chi connectivity index (χ0n) is 13.7. The summed E-state index contributed by atoms with van der Waals surface area (Å²) in [6.45, 7) is 0.927. The van der Waals surface area contributed by atoms with Crippen molar-refractivity contribution in [2.75, 3.05) is 19.6 Å². The highest BCUT2D eigenvalue weighted by molar-refractivity contribution is 7.89. The zero-order chi connectivity index (χ0) is 18.4. The highest BCUT2D eigenvalue weighted by Crippen LogP contribution is 2.20. The van der Waals surface area contributed by atoms with E-state index in [1.165, 1.54) is 0 Å². The third-order valence-electron chi connectivity index (χ3n) is 4.19. The topological polar surface area (TPSA) is 104 Å². The summed E-state index contributed by atoms with van der Waals surface area (Å²) in [6, 6.07) is 4.43. The molecular formula is C16H21FN2O5S. The molecule has 1 saturated heterocycles. The van der Waals surface area contributed by atoms with Crippen molar-refractivity contribution in [1.82, 2.24) is 9.62 Å². The van der Waals surface area contributed by atoms with E-state index in [1.807, 2.05) is 0 Å². The van der Waals surface area contributed by atoms with E-state index < -0.39 is 21.8 Å². The lowest BCUT2D eigenvalue weighted by atomic mass is 9.93. The lowest BCUT2D eigenvalue weighted by molar-refractivity contribution is -0.138. The number of aliphatic carboxylic acids is 1. The molecule has 7 nitrogen and oxygen atoms in total. The summed E-state index contributed by atoms with van der Waals surface area (Å²) < 4.78 is 39.2. The Hall–Kier alpha value is -2.00. The van der Waals surface area contributed by atoms with Gasteiger partial charge in [0.1, 0.15) is 5.82 Å². The van der Waals surface area contributed by atoms with Crippen LogP contribution in [0.1, 0.15) is 25.7 Å². The van der Waals surface area contributed by atoms with Gasteiger partial charge in [-0.3, -0.25) is 9.59 Å². The quantitative estimate of drug-likeness (QED) is 0.749. The Balaban J connectivity index is 1.77. The van der Waals surface area contributed by atoms with Crippen LogP contribution < -0.4 is 4.72 Å². The Kier molecular flexibility index (Phi) is 6.49. The molecular weight excluding hydrogens is 351 g/mol. The van der Waals surface area contributed by atoms with Gasteiger partial charge in [-0.05, 0) is 43.0 Å². The van der Waals surface area contributed by atoms with Crippen LogP contribution in [-0.2, 0) is 19.6 Å². The molecule has 0 aliphatic carbocycles. The van der Waals surface area contributed by atoms with Crippen molar-refractivity contribution in [3.8, 4) is 0 Å². The van der Waals surface area contributed by atoms with Gasteiger partial charge in [-0.2, -0.15) is 0 Å². The van der Waals surface area contributed by atoms with Gasteiger partial charge < -0.3 is 10.0 Å². The predicted octanol–water partition coefficient (Wildman–Crippen LogP) is 1.21. The van der Waals surface area contributed by atoms with Gasteiger partial charge in [0.05, 0.1) is 4.90 Å². The maximum Gasteiger partial charge on any atom is 0.303 e. The number of carboxylic acid groups (broad SMARTS) is 1. The first-order valence-electron chi connectivity index (χ1n) is 8.03. The van der Waals surface area contributed by atoms with Crippen molar-refractivity contribution in [2.24, 2.45) is 5.92 Å². The van der Waals surface area contributed by atoms with Crippen molar-refractivity contribution in [3.05, 3.63) is 30.1 Å². The molecule has 0 bridgehead atoms. The second-order valence-corrected chi connectivity index (χ2v) is 7.79. The van der Waals surface area contributed by atoms with E-state index >= 15 is 0 Å². The Morgan fingerprint density at radius 2 is 1.80 bits per heavy atom. The first kappa shape index (κ1) is 19.3. The largest absolute Gasteiger partial charge is 0.481 e. The molecule has 1 aliphatic rings. The van der Waals surface area contributed by atoms with Gasteiger partial charge in [0.25, 0.3) is 0 Å². The molecule has 2 rings (SSSR count). The van der Waals surface area contributed by atoms with Gasteiger partial charge in [-0.25, -0.2) is 17.5 Å². The lowest BCUT2D eigenvalue weighted by Gasteiger charge is -2.31. The standard InChI is InChI=1S/C16H21FN2O5S/c17-13-1-3-14(4-2-13)25(23,24)18-8-5-15(20)19-9-6-12(7-10-19)11-16(21)22/h1-4,12,18H,5-11H2,(H,21,22). The Labute approximate surface area is 145 Å². The molecule has 1 aromatic rings. The first-order chi connectivity index (χ1) is 11.8. The molecule has 0 aromatic heterocycles. The molecule has 1 fully saturated rings. The van der Waals surface area contributed by atoms with Crippen LogP contribution in [0.5, 0.6) is 0 Å². The summed E-state index contributed by atoms with van der Waals surface area (Å²) in [5.41, 5.74) is 0. The molecule has 0 unspecified atom stereocenters. The van der Waals surface area contributed by atoms with E-state index in [4.69, 9.17) is 5.11 Å². The summed E-state index contributed by atoms with van der Waals surface area (Å²) in [7, 11) is -3.78. The summed E-state index contributed by atoms with van der Waals surface area (Å²) in [4.78, 5) is 24.4. The predicted molar refractivity (Wildman–Crippen MR) is 87.8 cm³/mol. The van der Waals surface area contributed by atoms with E-state index in [-0.39, 0.29) is 36.1 Å². The number of piperidine rings is 1. The van der Waals surface area contributed by atoms with Gasteiger partial charge in [-0.1, -0.05) is 0 Å². The number of nitrogens with zero attached hydrogens (tertiary/aromatic N) is 1. The van der Waals surface area contributed by atoms with Gasteiger partial charge in [0.2, 0.25) is 15.9 Å². The van der Waals surface area contributed by atoms with Gasteiger partial charge in [-0.15, -0.1) is 0 Å². The van der Waals surface area contributed by atoms with Crippen LogP contribution in [0.3, 0.4) is 0 Å². The number of sulfonamides is 1. The average Bonchev–Trinajstić information content (AvgIpc) is 2.55. The molecule has 0 radical (unpaired) electrons. The first-order valence-corrected chi connectivity index (χ1v) is 9.51. The van der Waals surface area contributed by atoms with E-state index in [9.17, 15) is 22.4 Å². The minimum Gasteiger partial charge on any atom is -0.481 e. The van der Waals surface area contributed by atoms with E-state index in [0.29, 0.717) is 25.9 Å². The molecule has 2 N–H and O–H groups in total.